The average molecular weight is 271 g/mol. The molecule has 1 fully saturated rings. The van der Waals surface area contributed by atoms with Crippen LogP contribution in [0.5, 0.6) is 0 Å². The molecule has 2 N–H and O–H groups in total. The molecule has 0 bridgehead atoms. The lowest BCUT2D eigenvalue weighted by Gasteiger charge is -2.34. The summed E-state index contributed by atoms with van der Waals surface area (Å²) in [6.07, 6.45) is 4.79. The fraction of sp³-hybridized carbons (Fsp3) is 0.412. The van der Waals surface area contributed by atoms with Crippen LogP contribution in [0.1, 0.15) is 36.3 Å². The summed E-state index contributed by atoms with van der Waals surface area (Å²) in [7, 11) is 0. The molecule has 1 aromatic heterocycles. The summed E-state index contributed by atoms with van der Waals surface area (Å²) in [6.45, 7) is 0. The zero-order valence-electron chi connectivity index (χ0n) is 11.2. The van der Waals surface area contributed by atoms with E-state index >= 15 is 0 Å². The van der Waals surface area contributed by atoms with Gasteiger partial charge >= 0.3 is 0 Å². The SMILES string of the molecule is NC1CCC(c2ccccc2)CC1Cc1ccsc1. The summed E-state index contributed by atoms with van der Waals surface area (Å²) in [4.78, 5) is 0. The van der Waals surface area contributed by atoms with Crippen LogP contribution in [-0.2, 0) is 6.42 Å². The largest absolute Gasteiger partial charge is 0.327 e. The molecule has 1 aromatic carbocycles. The Bertz CT molecular complexity index is 491. The summed E-state index contributed by atoms with van der Waals surface area (Å²) in [5.41, 5.74) is 9.29. The molecule has 0 spiro atoms. The summed E-state index contributed by atoms with van der Waals surface area (Å²) >= 11 is 1.79. The van der Waals surface area contributed by atoms with Crippen molar-refractivity contribution in [1.82, 2.24) is 0 Å². The highest BCUT2D eigenvalue weighted by Gasteiger charge is 2.28. The fourth-order valence-electron chi connectivity index (χ4n) is 3.26. The van der Waals surface area contributed by atoms with Crippen molar-refractivity contribution < 1.29 is 0 Å². The van der Waals surface area contributed by atoms with Crippen molar-refractivity contribution in [3.63, 3.8) is 0 Å². The standard InChI is InChI=1S/C17H21NS/c18-17-7-6-15(14-4-2-1-3-5-14)11-16(17)10-13-8-9-19-12-13/h1-5,8-9,12,15-17H,6-7,10-11,18H2. The first-order valence-corrected chi connectivity index (χ1v) is 8.09. The summed E-state index contributed by atoms with van der Waals surface area (Å²) < 4.78 is 0. The molecule has 3 atom stereocenters. The lowest BCUT2D eigenvalue weighted by atomic mass is 9.73. The van der Waals surface area contributed by atoms with Crippen molar-refractivity contribution in [2.75, 3.05) is 0 Å². The van der Waals surface area contributed by atoms with Crippen LogP contribution in [0.4, 0.5) is 0 Å². The predicted molar refractivity (Wildman–Crippen MR) is 82.5 cm³/mol. The zero-order chi connectivity index (χ0) is 13.1. The molecular formula is C17H21NS. The highest BCUT2D eigenvalue weighted by Crippen LogP contribution is 2.37. The first-order chi connectivity index (χ1) is 9.33. The quantitative estimate of drug-likeness (QED) is 0.889. The highest BCUT2D eigenvalue weighted by atomic mass is 32.1. The van der Waals surface area contributed by atoms with E-state index < -0.39 is 0 Å². The maximum Gasteiger partial charge on any atom is 0.00707 e. The Labute approximate surface area is 119 Å². The molecule has 0 amide bonds. The molecule has 0 radical (unpaired) electrons. The number of rotatable bonds is 3. The minimum Gasteiger partial charge on any atom is -0.327 e. The number of benzene rings is 1. The molecule has 1 nitrogen and oxygen atoms in total. The van der Waals surface area contributed by atoms with Gasteiger partial charge in [0, 0.05) is 6.04 Å². The van der Waals surface area contributed by atoms with E-state index in [1.165, 1.54) is 24.0 Å². The van der Waals surface area contributed by atoms with Crippen LogP contribution in [0.25, 0.3) is 0 Å². The van der Waals surface area contributed by atoms with Crippen LogP contribution in [0.3, 0.4) is 0 Å². The molecule has 3 rings (SSSR count). The van der Waals surface area contributed by atoms with Crippen molar-refractivity contribution in [2.45, 2.75) is 37.6 Å². The molecular weight excluding hydrogens is 250 g/mol. The maximum atomic E-state index is 6.34. The van der Waals surface area contributed by atoms with Crippen LogP contribution in [0, 0.1) is 5.92 Å². The molecule has 1 aliphatic rings. The monoisotopic (exact) mass is 271 g/mol. The molecule has 0 aliphatic heterocycles. The van der Waals surface area contributed by atoms with Crippen molar-refractivity contribution in [3.05, 3.63) is 58.3 Å². The average Bonchev–Trinajstić information content (AvgIpc) is 2.95. The van der Waals surface area contributed by atoms with Crippen LogP contribution in [0.15, 0.2) is 47.2 Å². The first kappa shape index (κ1) is 12.9. The third-order valence-electron chi connectivity index (χ3n) is 4.39. The molecule has 1 heterocycles. The van der Waals surface area contributed by atoms with E-state index in [9.17, 15) is 0 Å². The van der Waals surface area contributed by atoms with Gasteiger partial charge in [-0.05, 0) is 65.5 Å². The second-order valence-electron chi connectivity index (χ2n) is 5.68. The Morgan fingerprint density at radius 2 is 1.95 bits per heavy atom. The number of hydrogen-bond donors (Lipinski definition) is 1. The Hall–Kier alpha value is -1.12. The molecule has 1 saturated carbocycles. The molecule has 1 aliphatic carbocycles. The van der Waals surface area contributed by atoms with E-state index in [1.54, 1.807) is 11.3 Å². The minimum absolute atomic E-state index is 0.375. The van der Waals surface area contributed by atoms with E-state index in [2.05, 4.69) is 47.2 Å². The van der Waals surface area contributed by atoms with Gasteiger partial charge in [0.2, 0.25) is 0 Å². The zero-order valence-corrected chi connectivity index (χ0v) is 12.0. The van der Waals surface area contributed by atoms with Crippen LogP contribution >= 0.6 is 11.3 Å². The summed E-state index contributed by atoms with van der Waals surface area (Å²) in [6, 6.07) is 13.5. The fourth-order valence-corrected chi connectivity index (χ4v) is 3.94. The molecule has 2 heteroatoms. The van der Waals surface area contributed by atoms with Gasteiger partial charge in [-0.3, -0.25) is 0 Å². The normalized spacial score (nSPS) is 27.3. The van der Waals surface area contributed by atoms with Crippen molar-refractivity contribution in [2.24, 2.45) is 11.7 Å². The molecule has 19 heavy (non-hydrogen) atoms. The van der Waals surface area contributed by atoms with Crippen molar-refractivity contribution in [3.8, 4) is 0 Å². The van der Waals surface area contributed by atoms with Gasteiger partial charge in [0.1, 0.15) is 0 Å². The first-order valence-electron chi connectivity index (χ1n) is 7.14. The van der Waals surface area contributed by atoms with Crippen LogP contribution < -0.4 is 5.73 Å². The van der Waals surface area contributed by atoms with Gasteiger partial charge in [-0.25, -0.2) is 0 Å². The summed E-state index contributed by atoms with van der Waals surface area (Å²) in [5.74, 6) is 1.33. The number of thiophene rings is 1. The highest BCUT2D eigenvalue weighted by molar-refractivity contribution is 7.07. The predicted octanol–water partition coefficient (Wildman–Crippen LogP) is 4.20. The van der Waals surface area contributed by atoms with Gasteiger partial charge < -0.3 is 5.73 Å². The van der Waals surface area contributed by atoms with Gasteiger partial charge in [-0.15, -0.1) is 0 Å². The topological polar surface area (TPSA) is 26.0 Å². The molecule has 3 unspecified atom stereocenters. The van der Waals surface area contributed by atoms with E-state index in [0.29, 0.717) is 17.9 Å². The lowest BCUT2D eigenvalue weighted by molar-refractivity contribution is 0.277. The van der Waals surface area contributed by atoms with Crippen LogP contribution in [-0.4, -0.2) is 6.04 Å². The Kier molecular flexibility index (Phi) is 4.00. The molecule has 2 aromatic rings. The van der Waals surface area contributed by atoms with E-state index in [4.69, 9.17) is 5.73 Å². The third kappa shape index (κ3) is 3.07. The third-order valence-corrected chi connectivity index (χ3v) is 5.12. The Morgan fingerprint density at radius 1 is 1.11 bits per heavy atom. The Morgan fingerprint density at radius 3 is 2.68 bits per heavy atom. The van der Waals surface area contributed by atoms with Crippen molar-refractivity contribution in [1.29, 1.82) is 0 Å². The van der Waals surface area contributed by atoms with Gasteiger partial charge in [-0.1, -0.05) is 30.3 Å². The molecule has 0 saturated heterocycles. The maximum absolute atomic E-state index is 6.34. The number of nitrogens with two attached hydrogens (primary N) is 1. The van der Waals surface area contributed by atoms with E-state index in [0.717, 1.165) is 12.8 Å². The van der Waals surface area contributed by atoms with Crippen molar-refractivity contribution >= 4 is 11.3 Å². The molecule has 100 valence electrons. The smallest absolute Gasteiger partial charge is 0.00707 e. The van der Waals surface area contributed by atoms with E-state index in [1.807, 2.05) is 0 Å². The number of hydrogen-bond acceptors (Lipinski definition) is 2. The minimum atomic E-state index is 0.375. The van der Waals surface area contributed by atoms with Gasteiger partial charge in [0.05, 0.1) is 0 Å². The van der Waals surface area contributed by atoms with Gasteiger partial charge in [-0.2, -0.15) is 11.3 Å². The Balaban J connectivity index is 1.70. The van der Waals surface area contributed by atoms with E-state index in [-0.39, 0.29) is 0 Å². The second-order valence-corrected chi connectivity index (χ2v) is 6.46. The van der Waals surface area contributed by atoms with Crippen LogP contribution in [0.2, 0.25) is 0 Å². The van der Waals surface area contributed by atoms with Gasteiger partial charge in [0.15, 0.2) is 0 Å². The summed E-state index contributed by atoms with van der Waals surface area (Å²) in [5, 5.41) is 4.43. The van der Waals surface area contributed by atoms with Gasteiger partial charge in [0.25, 0.3) is 0 Å². The second kappa shape index (κ2) is 5.89. The lowest BCUT2D eigenvalue weighted by Crippen LogP contribution is -2.36.